The molecule has 3 heteroatoms. The lowest BCUT2D eigenvalue weighted by atomic mass is 10.1. The summed E-state index contributed by atoms with van der Waals surface area (Å²) in [6.07, 6.45) is 7.11. The zero-order valence-corrected chi connectivity index (χ0v) is 9.53. The summed E-state index contributed by atoms with van der Waals surface area (Å²) in [5.41, 5.74) is 0. The van der Waals surface area contributed by atoms with E-state index in [0.29, 0.717) is 6.04 Å². The molecule has 1 fully saturated rings. The van der Waals surface area contributed by atoms with E-state index in [1.54, 1.807) is 0 Å². The van der Waals surface area contributed by atoms with Crippen molar-refractivity contribution in [3.8, 4) is 0 Å². The van der Waals surface area contributed by atoms with Crippen molar-refractivity contribution in [2.45, 2.75) is 45.6 Å². The van der Waals surface area contributed by atoms with Crippen molar-refractivity contribution >= 4 is 5.82 Å². The number of aromatic nitrogens is 2. The lowest BCUT2D eigenvalue weighted by Crippen LogP contribution is -2.20. The van der Waals surface area contributed by atoms with Crippen molar-refractivity contribution in [2.24, 2.45) is 5.92 Å². The Morgan fingerprint density at radius 3 is 2.93 bits per heavy atom. The summed E-state index contributed by atoms with van der Waals surface area (Å²) in [5.74, 6) is 2.77. The van der Waals surface area contributed by atoms with Crippen molar-refractivity contribution in [1.82, 2.24) is 9.97 Å². The van der Waals surface area contributed by atoms with Crippen molar-refractivity contribution in [2.75, 3.05) is 5.32 Å². The van der Waals surface area contributed by atoms with E-state index in [4.69, 9.17) is 0 Å². The van der Waals surface area contributed by atoms with Gasteiger partial charge < -0.3 is 5.32 Å². The van der Waals surface area contributed by atoms with E-state index in [2.05, 4.69) is 22.2 Å². The second kappa shape index (κ2) is 4.60. The van der Waals surface area contributed by atoms with Crippen LogP contribution in [0, 0.1) is 12.8 Å². The van der Waals surface area contributed by atoms with Crippen LogP contribution in [-0.2, 0) is 0 Å². The van der Waals surface area contributed by atoms with Crippen LogP contribution in [-0.4, -0.2) is 16.0 Å². The highest BCUT2D eigenvalue weighted by molar-refractivity contribution is 5.34. The molecular weight excluding hydrogens is 186 g/mol. The van der Waals surface area contributed by atoms with Gasteiger partial charge >= 0.3 is 0 Å². The highest BCUT2D eigenvalue weighted by Gasteiger charge is 2.24. The van der Waals surface area contributed by atoms with Gasteiger partial charge in [-0.1, -0.05) is 19.8 Å². The summed E-state index contributed by atoms with van der Waals surface area (Å²) in [6.45, 7) is 4.15. The Bertz CT molecular complexity index is 320. The predicted octanol–water partition coefficient (Wildman–Crippen LogP) is 2.78. The Morgan fingerprint density at radius 2 is 2.33 bits per heavy atom. The zero-order valence-electron chi connectivity index (χ0n) is 9.53. The Balaban J connectivity index is 1.92. The average Bonchev–Trinajstić information content (AvgIpc) is 3.01. The summed E-state index contributed by atoms with van der Waals surface area (Å²) in [5, 5.41) is 3.49. The van der Waals surface area contributed by atoms with Crippen molar-refractivity contribution in [3.63, 3.8) is 0 Å². The molecule has 1 saturated carbocycles. The molecule has 82 valence electrons. The van der Waals surface area contributed by atoms with Gasteiger partial charge in [0.15, 0.2) is 0 Å². The number of aryl methyl sites for hydroxylation is 1. The van der Waals surface area contributed by atoms with Gasteiger partial charge in [0.2, 0.25) is 0 Å². The minimum atomic E-state index is 0.576. The molecule has 1 aliphatic carbocycles. The number of hydrogen-bond acceptors (Lipinski definition) is 3. The van der Waals surface area contributed by atoms with Crippen LogP contribution in [0.1, 0.15) is 38.4 Å². The lowest BCUT2D eigenvalue weighted by Gasteiger charge is -2.17. The molecule has 0 radical (unpaired) electrons. The maximum atomic E-state index is 4.37. The molecule has 1 aromatic rings. The summed E-state index contributed by atoms with van der Waals surface area (Å²) in [4.78, 5) is 8.46. The van der Waals surface area contributed by atoms with Gasteiger partial charge in [-0.15, -0.1) is 0 Å². The largest absolute Gasteiger partial charge is 0.367 e. The first-order valence-electron chi connectivity index (χ1n) is 5.84. The van der Waals surface area contributed by atoms with E-state index in [0.717, 1.165) is 17.6 Å². The molecule has 0 spiro atoms. The number of nitrogens with zero attached hydrogens (tertiary/aromatic N) is 2. The second-order valence-electron chi connectivity index (χ2n) is 4.42. The first-order chi connectivity index (χ1) is 7.28. The standard InChI is InChI=1S/C12H19N3/c1-3-11(8-10-4-5-10)15-12-6-7-13-9(2)14-12/h6-7,10-11H,3-5,8H2,1-2H3,(H,13,14,15). The summed E-state index contributed by atoms with van der Waals surface area (Å²) in [7, 11) is 0. The topological polar surface area (TPSA) is 37.8 Å². The molecular formula is C12H19N3. The summed E-state index contributed by atoms with van der Waals surface area (Å²) >= 11 is 0. The number of nitrogens with one attached hydrogen (secondary N) is 1. The molecule has 0 aromatic carbocycles. The second-order valence-corrected chi connectivity index (χ2v) is 4.42. The fourth-order valence-corrected chi connectivity index (χ4v) is 1.83. The fourth-order valence-electron chi connectivity index (χ4n) is 1.83. The van der Waals surface area contributed by atoms with Crippen molar-refractivity contribution in [3.05, 3.63) is 18.1 Å². The molecule has 1 heterocycles. The molecule has 0 amide bonds. The SMILES string of the molecule is CCC(CC1CC1)Nc1ccnc(C)n1. The summed E-state index contributed by atoms with van der Waals surface area (Å²) < 4.78 is 0. The lowest BCUT2D eigenvalue weighted by molar-refractivity contribution is 0.585. The normalized spacial score (nSPS) is 17.5. The summed E-state index contributed by atoms with van der Waals surface area (Å²) in [6, 6.07) is 2.52. The van der Waals surface area contributed by atoms with E-state index in [1.165, 1.54) is 25.7 Å². The maximum Gasteiger partial charge on any atom is 0.129 e. The Hall–Kier alpha value is -1.12. The fraction of sp³-hybridized carbons (Fsp3) is 0.667. The van der Waals surface area contributed by atoms with Gasteiger partial charge in [0.05, 0.1) is 0 Å². The third-order valence-electron chi connectivity index (χ3n) is 2.94. The van der Waals surface area contributed by atoms with E-state index < -0.39 is 0 Å². The minimum Gasteiger partial charge on any atom is -0.367 e. The molecule has 0 bridgehead atoms. The van der Waals surface area contributed by atoms with E-state index in [-0.39, 0.29) is 0 Å². The minimum absolute atomic E-state index is 0.576. The first-order valence-corrected chi connectivity index (χ1v) is 5.84. The Labute approximate surface area is 91.3 Å². The van der Waals surface area contributed by atoms with Gasteiger partial charge in [-0.2, -0.15) is 0 Å². The van der Waals surface area contributed by atoms with Crippen LogP contribution >= 0.6 is 0 Å². The average molecular weight is 205 g/mol. The molecule has 2 rings (SSSR count). The molecule has 0 aliphatic heterocycles. The van der Waals surface area contributed by atoms with E-state index in [1.807, 2.05) is 19.2 Å². The maximum absolute atomic E-state index is 4.37. The molecule has 1 unspecified atom stereocenters. The van der Waals surface area contributed by atoms with Gasteiger partial charge in [0, 0.05) is 12.2 Å². The van der Waals surface area contributed by atoms with Crippen LogP contribution in [0.15, 0.2) is 12.3 Å². The number of rotatable bonds is 5. The smallest absolute Gasteiger partial charge is 0.129 e. The van der Waals surface area contributed by atoms with Crippen LogP contribution in [0.25, 0.3) is 0 Å². The molecule has 1 aromatic heterocycles. The molecule has 1 aliphatic rings. The predicted molar refractivity (Wildman–Crippen MR) is 61.8 cm³/mol. The van der Waals surface area contributed by atoms with Crippen LogP contribution in [0.5, 0.6) is 0 Å². The van der Waals surface area contributed by atoms with Gasteiger partial charge in [0.25, 0.3) is 0 Å². The van der Waals surface area contributed by atoms with Crippen molar-refractivity contribution in [1.29, 1.82) is 0 Å². The first kappa shape index (κ1) is 10.4. The monoisotopic (exact) mass is 205 g/mol. The van der Waals surface area contributed by atoms with Crippen LogP contribution in [0.3, 0.4) is 0 Å². The third kappa shape index (κ3) is 3.18. The van der Waals surface area contributed by atoms with Gasteiger partial charge in [-0.3, -0.25) is 0 Å². The van der Waals surface area contributed by atoms with E-state index >= 15 is 0 Å². The van der Waals surface area contributed by atoms with Crippen molar-refractivity contribution < 1.29 is 0 Å². The Kier molecular flexibility index (Phi) is 3.19. The molecule has 3 nitrogen and oxygen atoms in total. The third-order valence-corrected chi connectivity index (χ3v) is 2.94. The van der Waals surface area contributed by atoms with Gasteiger partial charge in [-0.25, -0.2) is 9.97 Å². The molecule has 15 heavy (non-hydrogen) atoms. The van der Waals surface area contributed by atoms with Gasteiger partial charge in [-0.05, 0) is 31.7 Å². The zero-order chi connectivity index (χ0) is 10.7. The molecule has 0 saturated heterocycles. The van der Waals surface area contributed by atoms with Crippen LogP contribution < -0.4 is 5.32 Å². The number of anilines is 1. The van der Waals surface area contributed by atoms with E-state index in [9.17, 15) is 0 Å². The molecule has 1 N–H and O–H groups in total. The molecule has 1 atom stereocenters. The van der Waals surface area contributed by atoms with Gasteiger partial charge in [0.1, 0.15) is 11.6 Å². The quantitative estimate of drug-likeness (QED) is 0.803. The van der Waals surface area contributed by atoms with Crippen LogP contribution in [0.4, 0.5) is 5.82 Å². The highest BCUT2D eigenvalue weighted by Crippen LogP contribution is 2.34. The Morgan fingerprint density at radius 1 is 1.53 bits per heavy atom. The highest BCUT2D eigenvalue weighted by atomic mass is 15.0. The number of hydrogen-bond donors (Lipinski definition) is 1. The van der Waals surface area contributed by atoms with Crippen LogP contribution in [0.2, 0.25) is 0 Å².